The predicted octanol–water partition coefficient (Wildman–Crippen LogP) is 3.24. The average Bonchev–Trinajstić information content (AvgIpc) is 3.76. The number of hydrogen-bond acceptors (Lipinski definition) is 11. The van der Waals surface area contributed by atoms with Crippen LogP contribution in [0.25, 0.3) is 0 Å². The summed E-state index contributed by atoms with van der Waals surface area (Å²) in [4.78, 5) is 11.8. The van der Waals surface area contributed by atoms with Crippen LogP contribution in [0.2, 0.25) is 0 Å². The third-order valence-corrected chi connectivity index (χ3v) is 13.3. The van der Waals surface area contributed by atoms with Gasteiger partial charge in [-0.05, 0) is 51.9 Å². The third kappa shape index (κ3) is 6.50. The lowest BCUT2D eigenvalue weighted by Crippen LogP contribution is -2.61. The highest BCUT2D eigenvalue weighted by Crippen LogP contribution is 2.55. The molecular formula is C36H62O12. The van der Waals surface area contributed by atoms with Gasteiger partial charge in [0.2, 0.25) is 0 Å². The zero-order valence-corrected chi connectivity index (χ0v) is 30.3. The van der Waals surface area contributed by atoms with Gasteiger partial charge in [-0.2, -0.15) is 0 Å². The fourth-order valence-electron chi connectivity index (χ4n) is 9.90. The van der Waals surface area contributed by atoms with Gasteiger partial charge in [0.05, 0.1) is 72.6 Å². The number of rotatable bonds is 10. The zero-order valence-electron chi connectivity index (χ0n) is 30.3. The maximum absolute atomic E-state index is 11.8. The van der Waals surface area contributed by atoms with Crippen LogP contribution < -0.4 is 0 Å². The fraction of sp³-hybridized carbons (Fsp3) is 0.972. The number of aliphatic hydroxyl groups excluding tert-OH is 3. The molecule has 278 valence electrons. The van der Waals surface area contributed by atoms with Gasteiger partial charge >= 0.3 is 5.97 Å². The number of carbonyl (C=O) groups is 1. The van der Waals surface area contributed by atoms with E-state index in [0.717, 1.165) is 19.3 Å². The van der Waals surface area contributed by atoms with E-state index in [1.165, 1.54) is 7.11 Å². The van der Waals surface area contributed by atoms with Gasteiger partial charge in [-0.1, -0.05) is 41.5 Å². The first-order valence-electron chi connectivity index (χ1n) is 18.2. The molecule has 0 aromatic rings. The normalized spacial score (nSPS) is 51.6. The second kappa shape index (κ2) is 13.9. The van der Waals surface area contributed by atoms with E-state index in [1.807, 2.05) is 20.8 Å². The van der Waals surface area contributed by atoms with E-state index in [1.54, 1.807) is 13.8 Å². The van der Waals surface area contributed by atoms with E-state index in [2.05, 4.69) is 20.8 Å². The SMILES string of the molecule is CC[C@@]1([C@@H]2O[C@@H]([C@H]3O[C@@](O)(CO)[C@H](C)C(O)[C@@H]3C)C[C@@H]2C)CC[C@H]([C@]2(C)CC[C@]3(C[C@H](O)[C@@H](C)[C@@H]([C@@H](C)[C@@H](OC)[C@H](C)C(=O)O)O3)O2)O1. The number of carboxylic acid groups (broad SMARTS) is 1. The number of aliphatic hydroxyl groups is 4. The summed E-state index contributed by atoms with van der Waals surface area (Å²) in [6.45, 7) is 14.8. The molecule has 0 radical (unpaired) electrons. The Balaban J connectivity index is 1.29. The third-order valence-electron chi connectivity index (χ3n) is 13.3. The van der Waals surface area contributed by atoms with Crippen molar-refractivity contribution in [2.24, 2.45) is 35.5 Å². The fourth-order valence-corrected chi connectivity index (χ4v) is 9.90. The topological polar surface area (TPSA) is 174 Å². The Kier molecular flexibility index (Phi) is 11.1. The molecule has 1 spiro atoms. The Bertz CT molecular complexity index is 1140. The largest absolute Gasteiger partial charge is 0.481 e. The van der Waals surface area contributed by atoms with E-state index in [0.29, 0.717) is 25.7 Å². The van der Waals surface area contributed by atoms with Crippen LogP contribution in [-0.4, -0.2) is 117 Å². The molecule has 18 atom stereocenters. The lowest BCUT2D eigenvalue weighted by Gasteiger charge is -2.49. The Morgan fingerprint density at radius 3 is 2.31 bits per heavy atom. The van der Waals surface area contributed by atoms with Crippen LogP contribution in [0.5, 0.6) is 0 Å². The van der Waals surface area contributed by atoms with Crippen LogP contribution >= 0.6 is 0 Å². The highest BCUT2D eigenvalue weighted by Gasteiger charge is 2.62. The molecule has 12 nitrogen and oxygen atoms in total. The molecule has 48 heavy (non-hydrogen) atoms. The summed E-state index contributed by atoms with van der Waals surface area (Å²) >= 11 is 0. The van der Waals surface area contributed by atoms with Crippen molar-refractivity contribution in [3.63, 3.8) is 0 Å². The zero-order chi connectivity index (χ0) is 35.6. The molecule has 0 aromatic carbocycles. The number of aliphatic carboxylic acids is 1. The highest BCUT2D eigenvalue weighted by atomic mass is 16.7. The maximum atomic E-state index is 11.8. The van der Waals surface area contributed by atoms with Crippen molar-refractivity contribution in [2.75, 3.05) is 13.7 Å². The molecule has 0 saturated carbocycles. The van der Waals surface area contributed by atoms with E-state index in [4.69, 9.17) is 28.4 Å². The van der Waals surface area contributed by atoms with Gasteiger partial charge in [0.25, 0.3) is 0 Å². The lowest BCUT2D eigenvalue weighted by atomic mass is 9.78. The van der Waals surface area contributed by atoms with E-state index in [9.17, 15) is 30.3 Å². The molecule has 0 bridgehead atoms. The average molecular weight is 687 g/mol. The number of methoxy groups -OCH3 is 1. The van der Waals surface area contributed by atoms with Crippen LogP contribution in [-0.2, 0) is 33.2 Å². The van der Waals surface area contributed by atoms with Crippen molar-refractivity contribution in [2.45, 2.75) is 172 Å². The summed E-state index contributed by atoms with van der Waals surface area (Å²) in [7, 11) is 1.51. The monoisotopic (exact) mass is 686 g/mol. The summed E-state index contributed by atoms with van der Waals surface area (Å²) in [5, 5.41) is 52.8. The summed E-state index contributed by atoms with van der Waals surface area (Å²) in [6, 6.07) is 0. The molecule has 5 N–H and O–H groups in total. The van der Waals surface area contributed by atoms with Crippen molar-refractivity contribution < 1.29 is 58.7 Å². The van der Waals surface area contributed by atoms with Gasteiger partial charge in [-0.15, -0.1) is 0 Å². The molecule has 1 unspecified atom stereocenters. The van der Waals surface area contributed by atoms with Gasteiger partial charge in [0.1, 0.15) is 0 Å². The van der Waals surface area contributed by atoms with Gasteiger partial charge in [-0.3, -0.25) is 4.79 Å². The molecule has 0 aliphatic carbocycles. The van der Waals surface area contributed by atoms with Gasteiger partial charge in [-0.25, -0.2) is 0 Å². The summed E-state index contributed by atoms with van der Waals surface area (Å²) in [5.74, 6) is -5.93. The van der Waals surface area contributed by atoms with Gasteiger partial charge in [0.15, 0.2) is 11.6 Å². The summed E-state index contributed by atoms with van der Waals surface area (Å²) in [6.07, 6.45) is 0.407. The van der Waals surface area contributed by atoms with Crippen molar-refractivity contribution in [1.29, 1.82) is 0 Å². The van der Waals surface area contributed by atoms with Gasteiger partial charge in [0, 0.05) is 43.6 Å². The van der Waals surface area contributed by atoms with E-state index >= 15 is 0 Å². The molecule has 0 amide bonds. The Morgan fingerprint density at radius 1 is 1.02 bits per heavy atom. The molecule has 5 heterocycles. The Hall–Kier alpha value is -0.930. The van der Waals surface area contributed by atoms with Gasteiger partial charge < -0.3 is 54.0 Å². The summed E-state index contributed by atoms with van der Waals surface area (Å²) in [5.41, 5.74) is -1.25. The number of carboxylic acids is 1. The predicted molar refractivity (Wildman–Crippen MR) is 174 cm³/mol. The van der Waals surface area contributed by atoms with Crippen molar-refractivity contribution >= 4 is 5.97 Å². The maximum Gasteiger partial charge on any atom is 0.308 e. The first kappa shape index (κ1) is 38.3. The minimum absolute atomic E-state index is 0.120. The standard InChI is InChI=1S/C36H62O12/c1-10-34(31-18(2)15-25(44-31)30-20(4)27(39)23(7)36(42,17-37)47-30)12-11-26(45-34)33(8)13-14-35(48-33)16-24(38)19(3)29(46-35)21(5)28(43-9)22(6)32(40)41/h18-31,37-39,42H,10-17H2,1-9H3,(H,40,41)/t18-,19+,20-,21-,22-,23+,24-,25+,26+,27?,28+,29-,30-,31+,33-,34-,35+,36-/m0/s1. The molecule has 5 rings (SSSR count). The van der Waals surface area contributed by atoms with Crippen LogP contribution in [0, 0.1) is 35.5 Å². The summed E-state index contributed by atoms with van der Waals surface area (Å²) < 4.78 is 39.2. The van der Waals surface area contributed by atoms with Crippen LogP contribution in [0.3, 0.4) is 0 Å². The van der Waals surface area contributed by atoms with E-state index in [-0.39, 0.29) is 42.0 Å². The van der Waals surface area contributed by atoms with E-state index < -0.39 is 77.7 Å². The van der Waals surface area contributed by atoms with Crippen LogP contribution in [0.15, 0.2) is 0 Å². The highest BCUT2D eigenvalue weighted by molar-refractivity contribution is 5.70. The minimum Gasteiger partial charge on any atom is -0.481 e. The molecule has 12 heteroatoms. The first-order chi connectivity index (χ1) is 22.4. The van der Waals surface area contributed by atoms with Crippen LogP contribution in [0.4, 0.5) is 0 Å². The minimum atomic E-state index is -1.84. The van der Waals surface area contributed by atoms with Crippen molar-refractivity contribution in [3.05, 3.63) is 0 Å². The Labute approximate surface area is 285 Å². The molecule has 5 fully saturated rings. The van der Waals surface area contributed by atoms with Crippen molar-refractivity contribution in [3.8, 4) is 0 Å². The second-order valence-electron chi connectivity index (χ2n) is 16.3. The second-order valence-corrected chi connectivity index (χ2v) is 16.3. The Morgan fingerprint density at radius 2 is 1.71 bits per heavy atom. The quantitative estimate of drug-likeness (QED) is 0.227. The van der Waals surface area contributed by atoms with Crippen LogP contribution in [0.1, 0.15) is 100 Å². The molecular weight excluding hydrogens is 624 g/mol. The smallest absolute Gasteiger partial charge is 0.308 e. The molecule has 5 saturated heterocycles. The number of ether oxygens (including phenoxy) is 6. The first-order valence-corrected chi connectivity index (χ1v) is 18.2. The number of hydrogen-bond donors (Lipinski definition) is 5. The molecule has 5 aliphatic rings. The van der Waals surface area contributed by atoms with Crippen molar-refractivity contribution in [1.82, 2.24) is 0 Å². The molecule has 5 aliphatic heterocycles. The lowest BCUT2D eigenvalue weighted by molar-refractivity contribution is -0.344. The molecule has 0 aromatic heterocycles.